The Morgan fingerprint density at radius 2 is 1.90 bits per heavy atom. The van der Waals surface area contributed by atoms with Gasteiger partial charge in [-0.2, -0.15) is 0 Å². The Morgan fingerprint density at radius 3 is 2.45 bits per heavy atom. The molecule has 1 amide bonds. The number of piperidine rings is 1. The van der Waals surface area contributed by atoms with Gasteiger partial charge in [0.25, 0.3) is 0 Å². The number of fused-ring (bicyclic) bond motifs is 2. The van der Waals surface area contributed by atoms with Gasteiger partial charge in [-0.05, 0) is 52.9 Å². The Bertz CT molecular complexity index is 382. The van der Waals surface area contributed by atoms with Crippen LogP contribution in [-0.4, -0.2) is 39.9 Å². The highest BCUT2D eigenvalue weighted by Gasteiger charge is 2.59. The smallest absolute Gasteiger partial charge is 0.411 e. The molecule has 0 aromatic carbocycles. The second-order valence-electron chi connectivity index (χ2n) is 8.01. The molecule has 0 radical (unpaired) electrons. The summed E-state index contributed by atoms with van der Waals surface area (Å²) in [7, 11) is 0. The van der Waals surface area contributed by atoms with E-state index in [4.69, 9.17) is 4.74 Å². The third-order valence-corrected chi connectivity index (χ3v) is 5.09. The van der Waals surface area contributed by atoms with Gasteiger partial charge in [-0.15, -0.1) is 0 Å². The van der Waals surface area contributed by atoms with Crippen LogP contribution in [0.15, 0.2) is 0 Å². The summed E-state index contributed by atoms with van der Waals surface area (Å²) in [6.45, 7) is 9.94. The van der Waals surface area contributed by atoms with Crippen LogP contribution in [-0.2, 0) is 4.74 Å². The minimum absolute atomic E-state index is 0.0962. The molecule has 2 unspecified atom stereocenters. The fourth-order valence-corrected chi connectivity index (χ4v) is 3.94. The maximum absolute atomic E-state index is 12.7. The van der Waals surface area contributed by atoms with Gasteiger partial charge in [-0.3, -0.25) is 4.90 Å². The molecule has 1 N–H and O–H groups in total. The third-order valence-electron chi connectivity index (χ3n) is 5.09. The Morgan fingerprint density at radius 1 is 1.25 bits per heavy atom. The molecule has 2 saturated heterocycles. The van der Waals surface area contributed by atoms with Crippen molar-refractivity contribution in [2.24, 2.45) is 5.41 Å². The van der Waals surface area contributed by atoms with Gasteiger partial charge < -0.3 is 9.84 Å². The minimum atomic E-state index is -0.474. The highest BCUT2D eigenvalue weighted by molar-refractivity contribution is 5.70. The molecule has 0 aliphatic carbocycles. The van der Waals surface area contributed by atoms with Crippen molar-refractivity contribution in [1.29, 1.82) is 0 Å². The minimum Gasteiger partial charge on any atom is -0.444 e. The van der Waals surface area contributed by atoms with Gasteiger partial charge in [0.1, 0.15) is 5.60 Å². The summed E-state index contributed by atoms with van der Waals surface area (Å²) < 4.78 is 5.63. The first-order valence-corrected chi connectivity index (χ1v) is 7.76. The van der Waals surface area contributed by atoms with Crippen LogP contribution >= 0.6 is 0 Å². The van der Waals surface area contributed by atoms with Crippen LogP contribution in [0.5, 0.6) is 0 Å². The lowest BCUT2D eigenvalue weighted by Crippen LogP contribution is -2.62. The Hall–Kier alpha value is -0.770. The molecule has 0 saturated carbocycles. The van der Waals surface area contributed by atoms with Gasteiger partial charge in [0.15, 0.2) is 0 Å². The highest BCUT2D eigenvalue weighted by atomic mass is 16.6. The molecular formula is C16H29NO3. The van der Waals surface area contributed by atoms with Crippen LogP contribution in [0.2, 0.25) is 0 Å². The van der Waals surface area contributed by atoms with Gasteiger partial charge in [0, 0.05) is 11.5 Å². The highest BCUT2D eigenvalue weighted by Crippen LogP contribution is 2.53. The van der Waals surface area contributed by atoms with E-state index < -0.39 is 5.60 Å². The first-order chi connectivity index (χ1) is 9.13. The van der Waals surface area contributed by atoms with Gasteiger partial charge in [0.2, 0.25) is 0 Å². The van der Waals surface area contributed by atoms with Gasteiger partial charge >= 0.3 is 6.09 Å². The molecule has 2 atom stereocenters. The normalized spacial score (nSPS) is 30.5. The largest absolute Gasteiger partial charge is 0.444 e. The van der Waals surface area contributed by atoms with E-state index in [9.17, 15) is 9.90 Å². The zero-order chi connectivity index (χ0) is 15.2. The van der Waals surface area contributed by atoms with E-state index in [1.54, 1.807) is 0 Å². The number of rotatable bonds is 2. The SMILES string of the molecule is CC(C)(C)OC(=O)N1C2CCCC1(C(C)(C)CO)CC2. The number of hydrogen-bond acceptors (Lipinski definition) is 3. The maximum Gasteiger partial charge on any atom is 0.411 e. The summed E-state index contributed by atoms with van der Waals surface area (Å²) in [6, 6.07) is 0.282. The molecule has 0 aromatic rings. The Labute approximate surface area is 122 Å². The molecule has 4 heteroatoms. The van der Waals surface area contributed by atoms with Crippen LogP contribution in [0, 0.1) is 5.41 Å². The van der Waals surface area contributed by atoms with Crippen molar-refractivity contribution in [2.75, 3.05) is 6.61 Å². The monoisotopic (exact) mass is 283 g/mol. The molecule has 2 fully saturated rings. The molecule has 2 rings (SSSR count). The Balaban J connectivity index is 2.32. The van der Waals surface area contributed by atoms with Crippen LogP contribution in [0.25, 0.3) is 0 Å². The number of nitrogens with zero attached hydrogens (tertiary/aromatic N) is 1. The van der Waals surface area contributed by atoms with E-state index in [2.05, 4.69) is 13.8 Å². The number of carbonyl (C=O) groups is 1. The Kier molecular flexibility index (Phi) is 3.83. The molecule has 0 spiro atoms. The number of aliphatic hydroxyl groups excluding tert-OH is 1. The zero-order valence-corrected chi connectivity index (χ0v) is 13.5. The number of hydrogen-bond donors (Lipinski definition) is 1. The fraction of sp³-hybridized carbons (Fsp3) is 0.938. The molecule has 2 heterocycles. The predicted molar refractivity (Wildman–Crippen MR) is 78.5 cm³/mol. The first-order valence-electron chi connectivity index (χ1n) is 7.76. The molecule has 2 bridgehead atoms. The van der Waals surface area contributed by atoms with Crippen LogP contribution in [0.3, 0.4) is 0 Å². The van der Waals surface area contributed by atoms with Crippen molar-refractivity contribution in [3.05, 3.63) is 0 Å². The summed E-state index contributed by atoms with van der Waals surface area (Å²) in [6.07, 6.45) is 4.96. The molecule has 0 aromatic heterocycles. The second-order valence-corrected chi connectivity index (χ2v) is 8.01. The lowest BCUT2D eigenvalue weighted by atomic mass is 9.67. The summed E-state index contributed by atoms with van der Waals surface area (Å²) in [5.41, 5.74) is -1.01. The topological polar surface area (TPSA) is 49.8 Å². The molecule has 4 nitrogen and oxygen atoms in total. The van der Waals surface area contributed by atoms with Crippen LogP contribution in [0.1, 0.15) is 66.7 Å². The number of amides is 1. The van der Waals surface area contributed by atoms with E-state index in [1.807, 2.05) is 25.7 Å². The lowest BCUT2D eigenvalue weighted by Gasteiger charge is -2.53. The maximum atomic E-state index is 12.7. The van der Waals surface area contributed by atoms with Crippen molar-refractivity contribution in [1.82, 2.24) is 4.90 Å². The van der Waals surface area contributed by atoms with Gasteiger partial charge in [0.05, 0.1) is 12.1 Å². The van der Waals surface area contributed by atoms with Crippen molar-refractivity contribution in [3.8, 4) is 0 Å². The van der Waals surface area contributed by atoms with Crippen molar-refractivity contribution >= 4 is 6.09 Å². The lowest BCUT2D eigenvalue weighted by molar-refractivity contribution is -0.0690. The van der Waals surface area contributed by atoms with E-state index in [-0.39, 0.29) is 29.7 Å². The van der Waals surface area contributed by atoms with Crippen molar-refractivity contribution in [2.45, 2.75) is 83.9 Å². The molecule has 2 aliphatic heterocycles. The zero-order valence-electron chi connectivity index (χ0n) is 13.5. The second kappa shape index (κ2) is 4.90. The quantitative estimate of drug-likeness (QED) is 0.845. The fourth-order valence-electron chi connectivity index (χ4n) is 3.94. The van der Waals surface area contributed by atoms with Crippen molar-refractivity contribution < 1.29 is 14.6 Å². The van der Waals surface area contributed by atoms with Crippen molar-refractivity contribution in [3.63, 3.8) is 0 Å². The van der Waals surface area contributed by atoms with Crippen LogP contribution < -0.4 is 0 Å². The third kappa shape index (κ3) is 2.43. The average Bonchev–Trinajstić information content (AvgIpc) is 2.56. The van der Waals surface area contributed by atoms with E-state index in [1.165, 1.54) is 0 Å². The molecule has 20 heavy (non-hydrogen) atoms. The van der Waals surface area contributed by atoms with E-state index in [0.717, 1.165) is 32.1 Å². The number of ether oxygens (including phenoxy) is 1. The van der Waals surface area contributed by atoms with E-state index in [0.29, 0.717) is 0 Å². The number of aliphatic hydroxyl groups is 1. The summed E-state index contributed by atoms with van der Waals surface area (Å²) in [5.74, 6) is 0. The van der Waals surface area contributed by atoms with E-state index >= 15 is 0 Å². The van der Waals surface area contributed by atoms with Gasteiger partial charge in [-0.1, -0.05) is 13.8 Å². The summed E-state index contributed by atoms with van der Waals surface area (Å²) in [4.78, 5) is 14.6. The first kappa shape index (κ1) is 15.6. The average molecular weight is 283 g/mol. The predicted octanol–water partition coefficient (Wildman–Crippen LogP) is 3.33. The molecule has 116 valence electrons. The number of carbonyl (C=O) groups excluding carboxylic acids is 1. The molecule has 2 aliphatic rings. The standard InChI is InChI=1S/C16H29NO3/c1-14(2,3)20-13(19)17-12-7-6-9-16(17,10-8-12)15(4,5)11-18/h12,18H,6-11H2,1-5H3. The van der Waals surface area contributed by atoms with Crippen LogP contribution in [0.4, 0.5) is 4.79 Å². The molecular weight excluding hydrogens is 254 g/mol. The summed E-state index contributed by atoms with van der Waals surface area (Å²) in [5, 5.41) is 9.81. The summed E-state index contributed by atoms with van der Waals surface area (Å²) >= 11 is 0. The van der Waals surface area contributed by atoms with Gasteiger partial charge in [-0.25, -0.2) is 4.79 Å².